The van der Waals surface area contributed by atoms with Crippen LogP contribution in [0.15, 0.2) is 34.9 Å². The van der Waals surface area contributed by atoms with Gasteiger partial charge in [0.1, 0.15) is 11.8 Å². The van der Waals surface area contributed by atoms with Crippen molar-refractivity contribution in [2.45, 2.75) is 90.6 Å². The summed E-state index contributed by atoms with van der Waals surface area (Å²) in [6.45, 7) is 13.6. The van der Waals surface area contributed by atoms with Gasteiger partial charge in [-0.2, -0.15) is 0 Å². The summed E-state index contributed by atoms with van der Waals surface area (Å²) in [6, 6.07) is -0.378. The predicted octanol–water partition coefficient (Wildman–Crippen LogP) is 5.71. The second-order valence-corrected chi connectivity index (χ2v) is 11.2. The summed E-state index contributed by atoms with van der Waals surface area (Å²) in [7, 11) is 1.40. The molecule has 1 heterocycles. The lowest BCUT2D eigenvalue weighted by Crippen LogP contribution is -2.53. The van der Waals surface area contributed by atoms with Gasteiger partial charge in [0, 0.05) is 5.41 Å². The van der Waals surface area contributed by atoms with Crippen molar-refractivity contribution in [3.8, 4) is 0 Å². The highest BCUT2D eigenvalue weighted by molar-refractivity contribution is 5.75. The van der Waals surface area contributed by atoms with Gasteiger partial charge in [-0.15, -0.1) is 6.58 Å². The van der Waals surface area contributed by atoms with Crippen molar-refractivity contribution in [1.82, 2.24) is 10.3 Å². The number of methoxy groups -OCH3 is 1. The number of oxazole rings is 1. The molecule has 6 atom stereocenters. The molecule has 3 aliphatic carbocycles. The summed E-state index contributed by atoms with van der Waals surface area (Å²) in [5.41, 5.74) is 2.12. The molecule has 4 rings (SSSR count). The lowest BCUT2D eigenvalue weighted by molar-refractivity contribution is -0.142. The lowest BCUT2D eigenvalue weighted by Gasteiger charge is -2.59. The molecule has 1 aromatic rings. The number of allylic oxidation sites excluding steroid dienone is 3. The normalized spacial score (nSPS) is 37.6. The van der Waals surface area contributed by atoms with Crippen LogP contribution in [0.25, 0.3) is 0 Å². The van der Waals surface area contributed by atoms with Crippen molar-refractivity contribution in [3.63, 3.8) is 0 Å². The molecule has 0 radical (unpaired) electrons. The predicted molar refractivity (Wildman–Crippen MR) is 126 cm³/mol. The van der Waals surface area contributed by atoms with E-state index < -0.39 is 0 Å². The fourth-order valence-corrected chi connectivity index (χ4v) is 7.03. The molecule has 0 amide bonds. The molecular weight excluding hydrogens is 400 g/mol. The minimum Gasteiger partial charge on any atom is -0.468 e. The first-order chi connectivity index (χ1) is 15.1. The molecule has 0 spiro atoms. The molecule has 0 aliphatic heterocycles. The second kappa shape index (κ2) is 8.48. The van der Waals surface area contributed by atoms with Gasteiger partial charge >= 0.3 is 5.97 Å². The standard InChI is InChI=1S/C27H40N2O3/c1-7-25(3)14-11-21-19(15-25)9-10-22-26(21,4)12-8-13-27(22,5)24-29-17-20(32-24)16-28-18(2)23(30)31-6/h7,9,17-18,21-22,28H,1,8,10-16H2,2-6H3/t18?,21-,22+,25-,26+,27+/m0/s1. The van der Waals surface area contributed by atoms with E-state index in [9.17, 15) is 4.79 Å². The summed E-state index contributed by atoms with van der Waals surface area (Å²) >= 11 is 0. The fourth-order valence-electron chi connectivity index (χ4n) is 7.03. The van der Waals surface area contributed by atoms with Gasteiger partial charge in [0.05, 0.1) is 19.9 Å². The average Bonchev–Trinajstić information content (AvgIpc) is 3.26. The summed E-state index contributed by atoms with van der Waals surface area (Å²) in [6.07, 6.45) is 14.9. The van der Waals surface area contributed by atoms with E-state index in [2.05, 4.69) is 44.8 Å². The SMILES string of the molecule is C=C[C@@]1(C)CC[C@H]2C(=CC[C@@H]3[C@]2(C)CCC[C@@]3(C)c2ncc(CNC(C)C(=O)OC)o2)C1. The van der Waals surface area contributed by atoms with E-state index in [1.807, 2.05) is 6.20 Å². The van der Waals surface area contributed by atoms with E-state index in [0.29, 0.717) is 18.4 Å². The topological polar surface area (TPSA) is 64.4 Å². The van der Waals surface area contributed by atoms with Crippen molar-refractivity contribution >= 4 is 5.97 Å². The first kappa shape index (κ1) is 23.3. The van der Waals surface area contributed by atoms with Crippen LogP contribution in [0.4, 0.5) is 0 Å². The minimum atomic E-state index is -0.378. The zero-order valence-corrected chi connectivity index (χ0v) is 20.5. The van der Waals surface area contributed by atoms with Gasteiger partial charge in [-0.05, 0) is 68.1 Å². The third-order valence-corrected chi connectivity index (χ3v) is 9.12. The van der Waals surface area contributed by atoms with Crippen LogP contribution in [0.5, 0.6) is 0 Å². The van der Waals surface area contributed by atoms with Crippen LogP contribution in [0.1, 0.15) is 84.3 Å². The van der Waals surface area contributed by atoms with E-state index in [-0.39, 0.29) is 28.3 Å². The maximum Gasteiger partial charge on any atom is 0.322 e. The molecule has 0 aromatic carbocycles. The van der Waals surface area contributed by atoms with Crippen LogP contribution in [-0.2, 0) is 21.5 Å². The molecule has 0 saturated heterocycles. The average molecular weight is 441 g/mol. The molecule has 32 heavy (non-hydrogen) atoms. The number of esters is 1. The van der Waals surface area contributed by atoms with Crippen molar-refractivity contribution in [2.24, 2.45) is 22.7 Å². The van der Waals surface area contributed by atoms with E-state index in [0.717, 1.165) is 30.9 Å². The highest BCUT2D eigenvalue weighted by Gasteiger charge is 2.57. The Bertz CT molecular complexity index is 904. The Balaban J connectivity index is 1.55. The van der Waals surface area contributed by atoms with Gasteiger partial charge in [0.25, 0.3) is 0 Å². The molecule has 5 nitrogen and oxygen atoms in total. The number of aromatic nitrogens is 1. The molecule has 1 aromatic heterocycles. The summed E-state index contributed by atoms with van der Waals surface area (Å²) < 4.78 is 11.1. The number of rotatable bonds is 6. The number of fused-ring (bicyclic) bond motifs is 3. The van der Waals surface area contributed by atoms with E-state index in [1.54, 1.807) is 12.5 Å². The van der Waals surface area contributed by atoms with Crippen LogP contribution < -0.4 is 5.32 Å². The second-order valence-electron chi connectivity index (χ2n) is 11.2. The largest absolute Gasteiger partial charge is 0.468 e. The number of nitrogens with one attached hydrogen (secondary N) is 1. The number of carbonyl (C=O) groups excluding carboxylic acids is 1. The Hall–Kier alpha value is -1.88. The molecule has 1 unspecified atom stereocenters. The van der Waals surface area contributed by atoms with Gasteiger partial charge in [-0.3, -0.25) is 10.1 Å². The Morgan fingerprint density at radius 2 is 2.16 bits per heavy atom. The highest BCUT2D eigenvalue weighted by Crippen LogP contribution is 2.64. The van der Waals surface area contributed by atoms with Gasteiger partial charge in [-0.1, -0.05) is 44.9 Å². The Morgan fingerprint density at radius 3 is 2.88 bits per heavy atom. The first-order valence-electron chi connectivity index (χ1n) is 12.2. The van der Waals surface area contributed by atoms with Gasteiger partial charge < -0.3 is 9.15 Å². The fraction of sp³-hybridized carbons (Fsp3) is 0.704. The van der Waals surface area contributed by atoms with Gasteiger partial charge in [-0.25, -0.2) is 4.98 Å². The third kappa shape index (κ3) is 3.87. The summed E-state index contributed by atoms with van der Waals surface area (Å²) in [4.78, 5) is 16.4. The maximum absolute atomic E-state index is 11.7. The molecular formula is C27H40N2O3. The van der Waals surface area contributed by atoms with E-state index in [1.165, 1.54) is 32.8 Å². The van der Waals surface area contributed by atoms with Crippen LogP contribution in [0.2, 0.25) is 0 Å². The van der Waals surface area contributed by atoms with Gasteiger partial charge in [0.2, 0.25) is 5.89 Å². The van der Waals surface area contributed by atoms with Crippen LogP contribution in [0, 0.1) is 22.7 Å². The quantitative estimate of drug-likeness (QED) is 0.453. The summed E-state index contributed by atoms with van der Waals surface area (Å²) in [5.74, 6) is 2.55. The van der Waals surface area contributed by atoms with Crippen molar-refractivity contribution < 1.29 is 13.9 Å². The Labute approximate surface area is 193 Å². The summed E-state index contributed by atoms with van der Waals surface area (Å²) in [5, 5.41) is 3.17. The number of nitrogens with zero attached hydrogens (tertiary/aromatic N) is 1. The smallest absolute Gasteiger partial charge is 0.322 e. The zero-order valence-electron chi connectivity index (χ0n) is 20.5. The monoisotopic (exact) mass is 440 g/mol. The Kier molecular flexibility index (Phi) is 6.17. The van der Waals surface area contributed by atoms with Crippen molar-refractivity contribution in [3.05, 3.63) is 42.2 Å². The number of carbonyl (C=O) groups is 1. The molecule has 0 bridgehead atoms. The third-order valence-electron chi connectivity index (χ3n) is 9.12. The molecule has 1 N–H and O–H groups in total. The Morgan fingerprint density at radius 1 is 1.38 bits per heavy atom. The molecule has 176 valence electrons. The molecule has 5 heteroatoms. The maximum atomic E-state index is 11.7. The number of ether oxygens (including phenoxy) is 1. The van der Waals surface area contributed by atoms with Crippen LogP contribution in [0.3, 0.4) is 0 Å². The van der Waals surface area contributed by atoms with E-state index in [4.69, 9.17) is 14.1 Å². The number of hydrogen-bond donors (Lipinski definition) is 1. The van der Waals surface area contributed by atoms with Crippen LogP contribution >= 0.6 is 0 Å². The van der Waals surface area contributed by atoms with Crippen molar-refractivity contribution in [2.75, 3.05) is 7.11 Å². The molecule has 2 saturated carbocycles. The molecule has 2 fully saturated rings. The van der Waals surface area contributed by atoms with Gasteiger partial charge in [0.15, 0.2) is 0 Å². The minimum absolute atomic E-state index is 0.0690. The lowest BCUT2D eigenvalue weighted by atomic mass is 9.45. The number of hydrogen-bond acceptors (Lipinski definition) is 5. The zero-order chi connectivity index (χ0) is 23.1. The molecule has 3 aliphatic rings. The first-order valence-corrected chi connectivity index (χ1v) is 12.2. The van der Waals surface area contributed by atoms with Crippen LogP contribution in [-0.4, -0.2) is 24.1 Å². The highest BCUT2D eigenvalue weighted by atomic mass is 16.5. The van der Waals surface area contributed by atoms with Crippen molar-refractivity contribution in [1.29, 1.82) is 0 Å². The van der Waals surface area contributed by atoms with E-state index >= 15 is 0 Å².